The molecule has 2 atom stereocenters. The number of nitrogen functional groups attached to an aromatic ring is 1. The first-order valence-corrected chi connectivity index (χ1v) is 6.88. The molecule has 102 valence electrons. The topological polar surface area (TPSA) is 78.9 Å². The number of hydrogen-bond acceptors (Lipinski definition) is 5. The van der Waals surface area contributed by atoms with Gasteiger partial charge in [-0.05, 0) is 19.3 Å². The second-order valence-corrected chi connectivity index (χ2v) is 5.02. The van der Waals surface area contributed by atoms with E-state index in [2.05, 4.69) is 21.9 Å². The van der Waals surface area contributed by atoms with Gasteiger partial charge in [0.2, 0.25) is 0 Å². The predicted molar refractivity (Wildman–Crippen MR) is 72.4 cm³/mol. The lowest BCUT2D eigenvalue weighted by Gasteiger charge is -2.14. The number of imidazole rings is 1. The van der Waals surface area contributed by atoms with Gasteiger partial charge in [-0.25, -0.2) is 15.0 Å². The fourth-order valence-electron chi connectivity index (χ4n) is 2.62. The summed E-state index contributed by atoms with van der Waals surface area (Å²) in [6.45, 7) is 2.20. The summed E-state index contributed by atoms with van der Waals surface area (Å²) in [5.74, 6) is 0.421. The maximum Gasteiger partial charge on any atom is 0.167 e. The Hall–Kier alpha value is -1.69. The van der Waals surface area contributed by atoms with Crippen molar-refractivity contribution < 1.29 is 4.74 Å². The number of unbranched alkanes of at least 4 members (excludes halogenated alkanes) is 1. The summed E-state index contributed by atoms with van der Waals surface area (Å²) in [6.07, 6.45) is 9.29. The van der Waals surface area contributed by atoms with Crippen LogP contribution in [0, 0.1) is 0 Å². The van der Waals surface area contributed by atoms with Gasteiger partial charge in [0.1, 0.15) is 18.1 Å². The molecule has 0 unspecified atom stereocenters. The summed E-state index contributed by atoms with van der Waals surface area (Å²) in [5.41, 5.74) is 7.21. The van der Waals surface area contributed by atoms with Crippen LogP contribution in [0.25, 0.3) is 11.2 Å². The van der Waals surface area contributed by atoms with E-state index in [0.717, 1.165) is 24.9 Å². The maximum atomic E-state index is 6.08. The zero-order chi connectivity index (χ0) is 13.2. The Kier molecular flexibility index (Phi) is 3.33. The lowest BCUT2D eigenvalue weighted by molar-refractivity contribution is -0.000153. The van der Waals surface area contributed by atoms with E-state index in [9.17, 15) is 0 Å². The van der Waals surface area contributed by atoms with Gasteiger partial charge in [0.25, 0.3) is 0 Å². The Balaban J connectivity index is 1.80. The lowest BCUT2D eigenvalue weighted by Crippen LogP contribution is -2.11. The predicted octanol–water partition coefficient (Wildman–Crippen LogP) is 2.28. The number of anilines is 1. The third kappa shape index (κ3) is 2.28. The Morgan fingerprint density at radius 3 is 3.11 bits per heavy atom. The van der Waals surface area contributed by atoms with Crippen LogP contribution in [0.1, 0.15) is 45.3 Å². The third-order valence-electron chi connectivity index (χ3n) is 3.66. The molecule has 3 rings (SSSR count). The minimum Gasteiger partial charge on any atom is -0.382 e. The minimum atomic E-state index is 0.0288. The summed E-state index contributed by atoms with van der Waals surface area (Å²) in [6, 6.07) is 0. The van der Waals surface area contributed by atoms with E-state index in [1.165, 1.54) is 19.2 Å². The number of aromatic nitrogens is 4. The SMILES string of the molecule is CCCC[C@@H]1CC[C@H](n2cnc3c(N)ncnc32)O1. The number of ether oxygens (including phenoxy) is 1. The molecular formula is C13H19N5O. The molecule has 1 saturated heterocycles. The molecule has 0 amide bonds. The highest BCUT2D eigenvalue weighted by atomic mass is 16.5. The average Bonchev–Trinajstić information content (AvgIpc) is 3.02. The molecule has 0 saturated carbocycles. The summed E-state index contributed by atoms with van der Waals surface area (Å²) in [4.78, 5) is 12.5. The lowest BCUT2D eigenvalue weighted by atomic mass is 10.1. The first-order chi connectivity index (χ1) is 9.29. The van der Waals surface area contributed by atoms with Gasteiger partial charge in [0.15, 0.2) is 11.5 Å². The van der Waals surface area contributed by atoms with Crippen molar-refractivity contribution in [3.63, 3.8) is 0 Å². The van der Waals surface area contributed by atoms with Crippen LogP contribution in [0.5, 0.6) is 0 Å². The summed E-state index contributed by atoms with van der Waals surface area (Å²) >= 11 is 0. The van der Waals surface area contributed by atoms with Crippen LogP contribution < -0.4 is 5.73 Å². The van der Waals surface area contributed by atoms with E-state index in [1.807, 2.05) is 4.57 Å². The number of nitrogens with zero attached hydrogens (tertiary/aromatic N) is 4. The Morgan fingerprint density at radius 2 is 2.26 bits per heavy atom. The molecule has 0 aliphatic carbocycles. The van der Waals surface area contributed by atoms with Gasteiger partial charge in [-0.2, -0.15) is 0 Å². The number of rotatable bonds is 4. The summed E-state index contributed by atoms with van der Waals surface area (Å²) < 4.78 is 8.05. The van der Waals surface area contributed by atoms with Gasteiger partial charge in [0, 0.05) is 0 Å². The van der Waals surface area contributed by atoms with E-state index in [4.69, 9.17) is 10.5 Å². The molecule has 0 bridgehead atoms. The van der Waals surface area contributed by atoms with Crippen molar-refractivity contribution in [2.24, 2.45) is 0 Å². The fraction of sp³-hybridized carbons (Fsp3) is 0.615. The highest BCUT2D eigenvalue weighted by Crippen LogP contribution is 2.32. The van der Waals surface area contributed by atoms with E-state index in [0.29, 0.717) is 17.4 Å². The maximum absolute atomic E-state index is 6.08. The molecule has 0 radical (unpaired) electrons. The van der Waals surface area contributed by atoms with Gasteiger partial charge in [0.05, 0.1) is 12.4 Å². The molecular weight excluding hydrogens is 242 g/mol. The first kappa shape index (κ1) is 12.3. The smallest absolute Gasteiger partial charge is 0.167 e. The number of nitrogens with two attached hydrogens (primary N) is 1. The monoisotopic (exact) mass is 261 g/mol. The minimum absolute atomic E-state index is 0.0288. The molecule has 2 aromatic rings. The van der Waals surface area contributed by atoms with Crippen molar-refractivity contribution in [3.05, 3.63) is 12.7 Å². The van der Waals surface area contributed by atoms with Crippen LogP contribution in [-0.2, 0) is 4.74 Å². The molecule has 6 nitrogen and oxygen atoms in total. The second-order valence-electron chi connectivity index (χ2n) is 5.02. The normalized spacial score (nSPS) is 23.2. The fourth-order valence-corrected chi connectivity index (χ4v) is 2.62. The second kappa shape index (κ2) is 5.13. The van der Waals surface area contributed by atoms with Crippen molar-refractivity contribution in [2.75, 3.05) is 5.73 Å². The van der Waals surface area contributed by atoms with Crippen LogP contribution >= 0.6 is 0 Å². The molecule has 3 heterocycles. The zero-order valence-corrected chi connectivity index (χ0v) is 11.1. The van der Waals surface area contributed by atoms with E-state index in [-0.39, 0.29) is 6.23 Å². The summed E-state index contributed by atoms with van der Waals surface area (Å²) in [7, 11) is 0. The van der Waals surface area contributed by atoms with Gasteiger partial charge >= 0.3 is 0 Å². The van der Waals surface area contributed by atoms with E-state index >= 15 is 0 Å². The molecule has 0 aromatic carbocycles. The van der Waals surface area contributed by atoms with Crippen molar-refractivity contribution in [3.8, 4) is 0 Å². The molecule has 2 aromatic heterocycles. The number of hydrogen-bond donors (Lipinski definition) is 1. The van der Waals surface area contributed by atoms with Gasteiger partial charge < -0.3 is 10.5 Å². The van der Waals surface area contributed by atoms with E-state index in [1.54, 1.807) is 6.33 Å². The first-order valence-electron chi connectivity index (χ1n) is 6.88. The molecule has 1 aliphatic heterocycles. The van der Waals surface area contributed by atoms with Crippen LogP contribution in [0.15, 0.2) is 12.7 Å². The Labute approximate surface area is 112 Å². The number of fused-ring (bicyclic) bond motifs is 1. The molecule has 2 N–H and O–H groups in total. The quantitative estimate of drug-likeness (QED) is 0.913. The Bertz CT molecular complexity index is 567. The molecule has 1 fully saturated rings. The molecule has 0 spiro atoms. The van der Waals surface area contributed by atoms with Gasteiger partial charge in [-0.1, -0.05) is 19.8 Å². The van der Waals surface area contributed by atoms with Crippen LogP contribution in [0.3, 0.4) is 0 Å². The Morgan fingerprint density at radius 1 is 1.37 bits per heavy atom. The van der Waals surface area contributed by atoms with Crippen molar-refractivity contribution in [2.45, 2.75) is 51.4 Å². The van der Waals surface area contributed by atoms with E-state index < -0.39 is 0 Å². The molecule has 19 heavy (non-hydrogen) atoms. The van der Waals surface area contributed by atoms with Gasteiger partial charge in [-0.15, -0.1) is 0 Å². The summed E-state index contributed by atoms with van der Waals surface area (Å²) in [5, 5.41) is 0. The van der Waals surface area contributed by atoms with Crippen LogP contribution in [0.4, 0.5) is 5.82 Å². The molecule has 1 aliphatic rings. The average molecular weight is 261 g/mol. The van der Waals surface area contributed by atoms with Gasteiger partial charge in [-0.3, -0.25) is 4.57 Å². The van der Waals surface area contributed by atoms with Crippen LogP contribution in [-0.4, -0.2) is 25.6 Å². The highest BCUT2D eigenvalue weighted by Gasteiger charge is 2.27. The van der Waals surface area contributed by atoms with Crippen LogP contribution in [0.2, 0.25) is 0 Å². The third-order valence-corrected chi connectivity index (χ3v) is 3.66. The largest absolute Gasteiger partial charge is 0.382 e. The highest BCUT2D eigenvalue weighted by molar-refractivity contribution is 5.81. The zero-order valence-electron chi connectivity index (χ0n) is 11.1. The van der Waals surface area contributed by atoms with Crippen molar-refractivity contribution in [1.29, 1.82) is 0 Å². The van der Waals surface area contributed by atoms with Crippen molar-refractivity contribution in [1.82, 2.24) is 19.5 Å². The van der Waals surface area contributed by atoms with Crippen molar-refractivity contribution >= 4 is 17.0 Å². The standard InChI is InChI=1S/C13H19N5O/c1-2-3-4-9-5-6-10(19-9)18-8-17-11-12(14)15-7-16-13(11)18/h7-10H,2-6H2,1H3,(H2,14,15,16)/t9-,10-/m1/s1. The molecule has 6 heteroatoms.